The smallest absolute Gasteiger partial charge is 0.291 e. The molecule has 2 aromatic heterocycles. The number of thiophene rings is 1. The summed E-state index contributed by atoms with van der Waals surface area (Å²) >= 11 is 11.2. The van der Waals surface area contributed by atoms with Crippen molar-refractivity contribution in [2.24, 2.45) is 4.99 Å². The Balaban J connectivity index is 1.84. The van der Waals surface area contributed by atoms with Crippen molar-refractivity contribution < 1.29 is 4.79 Å². The third-order valence-corrected chi connectivity index (χ3v) is 7.90. The van der Waals surface area contributed by atoms with Crippen LogP contribution in [0.4, 0.5) is 0 Å². The summed E-state index contributed by atoms with van der Waals surface area (Å²) < 4.78 is 4.31. The van der Waals surface area contributed by atoms with E-state index in [-0.39, 0.29) is 5.91 Å². The number of halogens is 1. The Bertz CT molecular complexity index is 1240. The zero-order valence-corrected chi connectivity index (χ0v) is 18.8. The van der Waals surface area contributed by atoms with E-state index in [0.717, 1.165) is 43.8 Å². The SMILES string of the molecule is CCc1ccc2c(c1)sc(=NC(=O)c1sc3ccccc3c1Cl)n2CCSC. The molecular weight excluding hydrogens is 428 g/mol. The highest BCUT2D eigenvalue weighted by Crippen LogP contribution is 2.35. The van der Waals surface area contributed by atoms with Gasteiger partial charge in [0.1, 0.15) is 4.88 Å². The van der Waals surface area contributed by atoms with Crippen molar-refractivity contribution in [3.8, 4) is 0 Å². The molecule has 0 saturated carbocycles. The number of thioether (sulfide) groups is 1. The fraction of sp³-hybridized carbons (Fsp3) is 0.238. The summed E-state index contributed by atoms with van der Waals surface area (Å²) in [6.07, 6.45) is 3.07. The van der Waals surface area contributed by atoms with E-state index in [1.165, 1.54) is 16.9 Å². The summed E-state index contributed by atoms with van der Waals surface area (Å²) in [5.41, 5.74) is 2.42. The van der Waals surface area contributed by atoms with Crippen LogP contribution in [0, 0.1) is 0 Å². The normalized spacial score (nSPS) is 12.3. The van der Waals surface area contributed by atoms with Gasteiger partial charge >= 0.3 is 0 Å². The molecule has 0 saturated heterocycles. The van der Waals surface area contributed by atoms with Gasteiger partial charge in [0.2, 0.25) is 0 Å². The van der Waals surface area contributed by atoms with Crippen LogP contribution in [0.25, 0.3) is 20.3 Å². The van der Waals surface area contributed by atoms with Gasteiger partial charge in [0, 0.05) is 22.4 Å². The number of amides is 1. The molecule has 0 aliphatic heterocycles. The molecule has 1 amide bonds. The summed E-state index contributed by atoms with van der Waals surface area (Å²) in [4.78, 5) is 18.7. The van der Waals surface area contributed by atoms with E-state index in [4.69, 9.17) is 11.6 Å². The number of hydrogen-bond donors (Lipinski definition) is 0. The van der Waals surface area contributed by atoms with Crippen molar-refractivity contribution >= 4 is 72.2 Å². The van der Waals surface area contributed by atoms with Crippen LogP contribution in [-0.2, 0) is 13.0 Å². The van der Waals surface area contributed by atoms with Gasteiger partial charge in [-0.1, -0.05) is 54.1 Å². The van der Waals surface area contributed by atoms with Crippen LogP contribution in [0.5, 0.6) is 0 Å². The zero-order valence-electron chi connectivity index (χ0n) is 15.6. The fourth-order valence-corrected chi connectivity index (χ4v) is 5.99. The molecule has 144 valence electrons. The highest BCUT2D eigenvalue weighted by molar-refractivity contribution is 7.98. The molecule has 0 atom stereocenters. The van der Waals surface area contributed by atoms with Crippen LogP contribution in [0.15, 0.2) is 47.5 Å². The number of carbonyl (C=O) groups is 1. The van der Waals surface area contributed by atoms with E-state index >= 15 is 0 Å². The number of rotatable bonds is 5. The fourth-order valence-electron chi connectivity index (χ4n) is 3.11. The monoisotopic (exact) mass is 446 g/mol. The first kappa shape index (κ1) is 19.7. The van der Waals surface area contributed by atoms with Gasteiger partial charge in [0.15, 0.2) is 4.80 Å². The summed E-state index contributed by atoms with van der Waals surface area (Å²) in [6, 6.07) is 14.3. The largest absolute Gasteiger partial charge is 0.316 e. The quantitative estimate of drug-likeness (QED) is 0.363. The predicted molar refractivity (Wildman–Crippen MR) is 124 cm³/mol. The zero-order chi connectivity index (χ0) is 19.7. The molecule has 4 aromatic rings. The average molecular weight is 447 g/mol. The van der Waals surface area contributed by atoms with Gasteiger partial charge in [-0.3, -0.25) is 4.79 Å². The lowest BCUT2D eigenvalue weighted by Gasteiger charge is -2.04. The molecule has 28 heavy (non-hydrogen) atoms. The van der Waals surface area contributed by atoms with Crippen LogP contribution in [0.1, 0.15) is 22.2 Å². The number of fused-ring (bicyclic) bond motifs is 2. The van der Waals surface area contributed by atoms with Gasteiger partial charge in [0.05, 0.1) is 15.2 Å². The molecular formula is C21H19ClN2OS3. The van der Waals surface area contributed by atoms with Crippen molar-refractivity contribution in [1.29, 1.82) is 0 Å². The molecule has 4 rings (SSSR count). The van der Waals surface area contributed by atoms with Crippen LogP contribution in [-0.4, -0.2) is 22.5 Å². The Morgan fingerprint density at radius 2 is 2.00 bits per heavy atom. The summed E-state index contributed by atoms with van der Waals surface area (Å²) in [5.74, 6) is 0.693. The molecule has 2 heterocycles. The first-order chi connectivity index (χ1) is 13.6. The van der Waals surface area contributed by atoms with E-state index in [2.05, 4.69) is 40.9 Å². The minimum atomic E-state index is -0.272. The molecule has 0 aliphatic carbocycles. The van der Waals surface area contributed by atoms with Crippen molar-refractivity contribution in [3.63, 3.8) is 0 Å². The number of aromatic nitrogens is 1. The third kappa shape index (κ3) is 3.66. The number of thiazole rings is 1. The van der Waals surface area contributed by atoms with Gasteiger partial charge in [0.25, 0.3) is 5.91 Å². The standard InChI is InChI=1S/C21H19ClN2OS3/c1-3-13-8-9-15-17(12-13)28-21(24(15)10-11-26-2)23-20(25)19-18(22)14-6-4-5-7-16(14)27-19/h4-9,12H,3,10-11H2,1-2H3. The van der Waals surface area contributed by atoms with Crippen molar-refractivity contribution in [1.82, 2.24) is 4.57 Å². The van der Waals surface area contributed by atoms with Gasteiger partial charge in [-0.2, -0.15) is 16.8 Å². The van der Waals surface area contributed by atoms with E-state index in [0.29, 0.717) is 9.90 Å². The van der Waals surface area contributed by atoms with Crippen LogP contribution in [0.2, 0.25) is 5.02 Å². The van der Waals surface area contributed by atoms with Crippen LogP contribution >= 0.6 is 46.0 Å². The van der Waals surface area contributed by atoms with E-state index in [1.54, 1.807) is 23.1 Å². The minimum Gasteiger partial charge on any atom is -0.316 e. The van der Waals surface area contributed by atoms with Crippen molar-refractivity contribution in [2.45, 2.75) is 19.9 Å². The molecule has 0 unspecified atom stereocenters. The first-order valence-corrected chi connectivity index (χ1v) is 12.4. The Kier molecular flexibility index (Phi) is 5.92. The summed E-state index contributed by atoms with van der Waals surface area (Å²) in [7, 11) is 0. The van der Waals surface area contributed by atoms with Gasteiger partial charge in [-0.15, -0.1) is 11.3 Å². The second kappa shape index (κ2) is 8.41. The molecule has 0 spiro atoms. The lowest BCUT2D eigenvalue weighted by atomic mass is 10.2. The predicted octanol–water partition coefficient (Wildman–Crippen LogP) is 6.24. The van der Waals surface area contributed by atoms with E-state index < -0.39 is 0 Å². The second-order valence-corrected chi connectivity index (χ2v) is 9.77. The number of carbonyl (C=O) groups excluding carboxylic acids is 1. The highest BCUT2D eigenvalue weighted by Gasteiger charge is 2.17. The lowest BCUT2D eigenvalue weighted by molar-refractivity contribution is 0.100. The van der Waals surface area contributed by atoms with Crippen LogP contribution in [0.3, 0.4) is 0 Å². The van der Waals surface area contributed by atoms with E-state index in [9.17, 15) is 4.79 Å². The van der Waals surface area contributed by atoms with Gasteiger partial charge in [-0.25, -0.2) is 0 Å². The first-order valence-electron chi connectivity index (χ1n) is 8.99. The Morgan fingerprint density at radius 1 is 1.18 bits per heavy atom. The summed E-state index contributed by atoms with van der Waals surface area (Å²) in [5, 5.41) is 1.41. The van der Waals surface area contributed by atoms with Gasteiger partial charge < -0.3 is 4.57 Å². The Hall–Kier alpha value is -1.60. The molecule has 0 bridgehead atoms. The maximum atomic E-state index is 13.0. The molecule has 7 heteroatoms. The molecule has 0 N–H and O–H groups in total. The topological polar surface area (TPSA) is 34.4 Å². The third-order valence-electron chi connectivity index (χ3n) is 4.60. The molecule has 0 fully saturated rings. The molecule has 0 aliphatic rings. The number of nitrogens with zero attached hydrogens (tertiary/aromatic N) is 2. The highest BCUT2D eigenvalue weighted by atomic mass is 35.5. The van der Waals surface area contributed by atoms with Crippen molar-refractivity contribution in [2.75, 3.05) is 12.0 Å². The van der Waals surface area contributed by atoms with Crippen molar-refractivity contribution in [3.05, 3.63) is 62.7 Å². The number of aryl methyl sites for hydroxylation is 2. The average Bonchev–Trinajstić information content (AvgIpc) is 3.23. The number of benzene rings is 2. The molecule has 0 radical (unpaired) electrons. The molecule has 3 nitrogen and oxygen atoms in total. The number of hydrogen-bond acceptors (Lipinski definition) is 4. The maximum Gasteiger partial charge on any atom is 0.291 e. The summed E-state index contributed by atoms with van der Waals surface area (Å²) in [6.45, 7) is 2.97. The second-order valence-electron chi connectivity index (χ2n) is 6.34. The minimum absolute atomic E-state index is 0.272. The molecule has 2 aromatic carbocycles. The lowest BCUT2D eigenvalue weighted by Crippen LogP contribution is -2.18. The Labute approximate surface area is 180 Å². The Morgan fingerprint density at radius 3 is 2.75 bits per heavy atom. The van der Waals surface area contributed by atoms with Gasteiger partial charge in [-0.05, 0) is 36.4 Å². The van der Waals surface area contributed by atoms with Crippen LogP contribution < -0.4 is 4.80 Å². The van der Waals surface area contributed by atoms with E-state index in [1.807, 2.05) is 24.3 Å². The maximum absolute atomic E-state index is 13.0.